The predicted molar refractivity (Wildman–Crippen MR) is 127 cm³/mol. The summed E-state index contributed by atoms with van der Waals surface area (Å²) in [5, 5.41) is 5.53. The Labute approximate surface area is 208 Å². The van der Waals surface area contributed by atoms with Crippen LogP contribution in [0.2, 0.25) is 5.02 Å². The molecule has 0 aliphatic rings. The molecule has 0 atom stereocenters. The van der Waals surface area contributed by atoms with E-state index in [1.807, 2.05) is 0 Å². The number of hydrogen-bond donors (Lipinski definition) is 2. The van der Waals surface area contributed by atoms with E-state index in [4.69, 9.17) is 16.3 Å². The van der Waals surface area contributed by atoms with E-state index in [1.54, 1.807) is 37.4 Å². The fourth-order valence-electron chi connectivity index (χ4n) is 3.17. The molecule has 0 radical (unpaired) electrons. The van der Waals surface area contributed by atoms with Crippen molar-refractivity contribution in [3.8, 4) is 23.0 Å². The van der Waals surface area contributed by atoms with Crippen molar-refractivity contribution < 1.29 is 22.7 Å². The van der Waals surface area contributed by atoms with E-state index in [9.17, 15) is 18.0 Å². The average Bonchev–Trinajstić information content (AvgIpc) is 2.88. The maximum atomic E-state index is 13.0. The molecule has 0 fully saturated rings. The lowest BCUT2D eigenvalue weighted by Gasteiger charge is -2.12. The Bertz CT molecular complexity index is 1400. The second kappa shape index (κ2) is 10.6. The zero-order valence-electron chi connectivity index (χ0n) is 18.7. The highest BCUT2D eigenvalue weighted by molar-refractivity contribution is 6.31. The third kappa shape index (κ3) is 5.87. The summed E-state index contributed by atoms with van der Waals surface area (Å²) in [4.78, 5) is 29.4. The van der Waals surface area contributed by atoms with Crippen molar-refractivity contribution in [3.05, 3.63) is 88.8 Å². The van der Waals surface area contributed by atoms with Gasteiger partial charge in [-0.2, -0.15) is 18.2 Å². The van der Waals surface area contributed by atoms with Crippen LogP contribution in [-0.4, -0.2) is 32.9 Å². The number of carbonyl (C=O) groups is 1. The summed E-state index contributed by atoms with van der Waals surface area (Å²) < 4.78 is 44.9. The third-order valence-corrected chi connectivity index (χ3v) is 5.30. The van der Waals surface area contributed by atoms with Gasteiger partial charge in [0.2, 0.25) is 11.8 Å². The number of anilines is 1. The maximum absolute atomic E-state index is 13.0. The number of alkyl halides is 3. The Morgan fingerprint density at radius 2 is 1.89 bits per heavy atom. The molecule has 0 aliphatic heterocycles. The molecule has 2 N–H and O–H groups in total. The van der Waals surface area contributed by atoms with E-state index in [1.165, 1.54) is 18.6 Å². The summed E-state index contributed by atoms with van der Waals surface area (Å²) >= 11 is 6.01. The number of aromatic nitrogens is 4. The molecule has 0 saturated carbocycles. The summed E-state index contributed by atoms with van der Waals surface area (Å²) in [6, 6.07) is 12.6. The molecule has 2 aromatic carbocycles. The molecular formula is C24H18ClF3N6O2. The van der Waals surface area contributed by atoms with Crippen molar-refractivity contribution in [1.29, 1.82) is 0 Å². The fourth-order valence-corrected chi connectivity index (χ4v) is 3.35. The van der Waals surface area contributed by atoms with Crippen molar-refractivity contribution in [2.45, 2.75) is 12.7 Å². The molecule has 0 saturated heterocycles. The highest BCUT2D eigenvalue weighted by Crippen LogP contribution is 2.32. The summed E-state index contributed by atoms with van der Waals surface area (Å²) in [7, 11) is 1.68. The molecule has 0 bridgehead atoms. The van der Waals surface area contributed by atoms with Crippen molar-refractivity contribution in [2.24, 2.45) is 0 Å². The lowest BCUT2D eigenvalue weighted by Crippen LogP contribution is -2.23. The number of halogens is 4. The van der Waals surface area contributed by atoms with Crippen LogP contribution in [0.5, 0.6) is 11.6 Å². The zero-order chi connectivity index (χ0) is 25.7. The highest BCUT2D eigenvalue weighted by Gasteiger charge is 2.30. The van der Waals surface area contributed by atoms with Crippen molar-refractivity contribution in [3.63, 3.8) is 0 Å². The number of nitrogens with one attached hydrogen (secondary N) is 2. The van der Waals surface area contributed by atoms with Gasteiger partial charge < -0.3 is 15.4 Å². The molecule has 1 amide bonds. The first-order chi connectivity index (χ1) is 17.2. The van der Waals surface area contributed by atoms with Crippen LogP contribution in [0, 0.1) is 0 Å². The molecule has 0 spiro atoms. The first-order valence-corrected chi connectivity index (χ1v) is 10.9. The molecule has 4 aromatic rings. The van der Waals surface area contributed by atoms with Gasteiger partial charge in [0.15, 0.2) is 5.82 Å². The monoisotopic (exact) mass is 514 g/mol. The number of hydrogen-bond acceptors (Lipinski definition) is 7. The summed E-state index contributed by atoms with van der Waals surface area (Å²) in [5.74, 6) is 0.701. The quantitative estimate of drug-likeness (QED) is 0.342. The number of carbonyl (C=O) groups excluding carboxylic acids is 1. The van der Waals surface area contributed by atoms with Gasteiger partial charge in [-0.1, -0.05) is 17.7 Å². The molecular weight excluding hydrogens is 497 g/mol. The topological polar surface area (TPSA) is 102 Å². The largest absolute Gasteiger partial charge is 0.438 e. The minimum atomic E-state index is -4.52. The van der Waals surface area contributed by atoms with Gasteiger partial charge in [-0.25, -0.2) is 15.0 Å². The molecule has 0 unspecified atom stereocenters. The molecule has 36 heavy (non-hydrogen) atoms. The van der Waals surface area contributed by atoms with E-state index in [0.29, 0.717) is 23.1 Å². The van der Waals surface area contributed by atoms with Crippen LogP contribution in [0.4, 0.5) is 19.1 Å². The second-order valence-electron chi connectivity index (χ2n) is 7.36. The van der Waals surface area contributed by atoms with E-state index in [-0.39, 0.29) is 28.6 Å². The van der Waals surface area contributed by atoms with E-state index < -0.39 is 17.6 Å². The van der Waals surface area contributed by atoms with Crippen LogP contribution < -0.4 is 15.4 Å². The zero-order valence-corrected chi connectivity index (χ0v) is 19.4. The summed E-state index contributed by atoms with van der Waals surface area (Å²) in [6.45, 7) is -0.190. The normalized spacial score (nSPS) is 11.1. The number of nitrogens with zero attached hydrogens (tertiary/aromatic N) is 4. The van der Waals surface area contributed by atoms with Crippen LogP contribution in [0.3, 0.4) is 0 Å². The number of benzene rings is 2. The molecule has 8 nitrogen and oxygen atoms in total. The standard InChI is InChI=1S/C24H18ClF3N6O2/c1-29-23-33-13-32-20(34-23)18-6-3-9-30-22(18)36-17-5-2-4-14(11-17)21(35)31-12-15-10-16(24(26,27)28)7-8-19(15)25/h2-11,13H,12H2,1H3,(H,31,35)(H,29,32,33,34). The minimum Gasteiger partial charge on any atom is -0.438 e. The van der Waals surface area contributed by atoms with Gasteiger partial charge in [-0.15, -0.1) is 0 Å². The molecule has 2 heterocycles. The SMILES string of the molecule is CNc1ncnc(-c2cccnc2Oc2cccc(C(=O)NCc3cc(C(F)(F)F)ccc3Cl)c2)n1. The van der Waals surface area contributed by atoms with Gasteiger partial charge in [-0.3, -0.25) is 4.79 Å². The number of ether oxygens (including phenoxy) is 1. The average molecular weight is 515 g/mol. The Balaban J connectivity index is 1.51. The van der Waals surface area contributed by atoms with Gasteiger partial charge in [0.25, 0.3) is 5.91 Å². The van der Waals surface area contributed by atoms with Gasteiger partial charge in [-0.05, 0) is 54.1 Å². The van der Waals surface area contributed by atoms with Crippen LogP contribution in [0.1, 0.15) is 21.5 Å². The number of amides is 1. The Morgan fingerprint density at radius 3 is 2.67 bits per heavy atom. The van der Waals surface area contributed by atoms with E-state index in [0.717, 1.165) is 18.2 Å². The Hall–Kier alpha value is -4.25. The van der Waals surface area contributed by atoms with Gasteiger partial charge in [0, 0.05) is 30.4 Å². The fraction of sp³-hybridized carbons (Fsp3) is 0.125. The van der Waals surface area contributed by atoms with Crippen molar-refractivity contribution in [2.75, 3.05) is 12.4 Å². The lowest BCUT2D eigenvalue weighted by atomic mass is 10.1. The van der Waals surface area contributed by atoms with E-state index in [2.05, 4.69) is 30.6 Å². The van der Waals surface area contributed by atoms with Crippen LogP contribution in [0.25, 0.3) is 11.4 Å². The molecule has 184 valence electrons. The third-order valence-electron chi connectivity index (χ3n) is 4.93. The number of rotatable bonds is 7. The highest BCUT2D eigenvalue weighted by atomic mass is 35.5. The molecule has 12 heteroatoms. The van der Waals surface area contributed by atoms with Gasteiger partial charge >= 0.3 is 6.18 Å². The van der Waals surface area contributed by atoms with E-state index >= 15 is 0 Å². The predicted octanol–water partition coefficient (Wildman–Crippen LogP) is 5.37. The summed E-state index contributed by atoms with van der Waals surface area (Å²) in [5.41, 5.74) is 0.0255. The molecule has 0 aliphatic carbocycles. The molecule has 4 rings (SSSR count). The second-order valence-corrected chi connectivity index (χ2v) is 7.76. The van der Waals surface area contributed by atoms with Gasteiger partial charge in [0.1, 0.15) is 12.1 Å². The van der Waals surface area contributed by atoms with Crippen LogP contribution >= 0.6 is 11.6 Å². The number of pyridine rings is 1. The first-order valence-electron chi connectivity index (χ1n) is 10.5. The Kier molecular flexibility index (Phi) is 7.30. The molecule has 2 aromatic heterocycles. The maximum Gasteiger partial charge on any atom is 0.416 e. The summed E-state index contributed by atoms with van der Waals surface area (Å²) in [6.07, 6.45) is -1.63. The van der Waals surface area contributed by atoms with Crippen LogP contribution in [0.15, 0.2) is 67.1 Å². The minimum absolute atomic E-state index is 0.114. The van der Waals surface area contributed by atoms with Crippen molar-refractivity contribution in [1.82, 2.24) is 25.3 Å². The first kappa shape index (κ1) is 24.9. The lowest BCUT2D eigenvalue weighted by molar-refractivity contribution is -0.137. The van der Waals surface area contributed by atoms with Gasteiger partial charge in [0.05, 0.1) is 11.1 Å². The smallest absolute Gasteiger partial charge is 0.416 e. The Morgan fingerprint density at radius 1 is 1.06 bits per heavy atom. The van der Waals surface area contributed by atoms with Crippen LogP contribution in [-0.2, 0) is 12.7 Å². The van der Waals surface area contributed by atoms with Crippen molar-refractivity contribution >= 4 is 23.5 Å².